The average Bonchev–Trinajstić information content (AvgIpc) is 2.47. The summed E-state index contributed by atoms with van der Waals surface area (Å²) in [7, 11) is 1.58. The summed E-state index contributed by atoms with van der Waals surface area (Å²) < 4.78 is 6.53. The molecule has 5 nitrogen and oxygen atoms in total. The minimum Gasteiger partial charge on any atom is -0.497 e. The number of hydrogen-bond donors (Lipinski definition) is 1. The highest BCUT2D eigenvalue weighted by Gasteiger charge is 2.06. The van der Waals surface area contributed by atoms with Crippen LogP contribution in [-0.4, -0.2) is 22.6 Å². The maximum absolute atomic E-state index is 11.6. The van der Waals surface area contributed by atoms with Gasteiger partial charge in [0.1, 0.15) is 11.5 Å². The molecule has 1 aromatic carbocycles. The predicted molar refractivity (Wildman–Crippen MR) is 72.0 cm³/mol. The largest absolute Gasteiger partial charge is 0.497 e. The Morgan fingerprint density at radius 3 is 2.58 bits per heavy atom. The third-order valence-electron chi connectivity index (χ3n) is 2.76. The zero-order valence-electron chi connectivity index (χ0n) is 10.5. The van der Waals surface area contributed by atoms with Gasteiger partial charge in [0.2, 0.25) is 0 Å². The number of methoxy groups -OCH3 is 1. The Bertz CT molecular complexity index is 630. The SMILES string of the molecule is COc1ccc(/C(Cn2ccccc2=O)=N\O)cc1. The van der Waals surface area contributed by atoms with Crippen molar-refractivity contribution in [3.05, 3.63) is 64.6 Å². The fourth-order valence-electron chi connectivity index (χ4n) is 1.72. The van der Waals surface area contributed by atoms with E-state index in [2.05, 4.69) is 5.16 Å². The monoisotopic (exact) mass is 258 g/mol. The van der Waals surface area contributed by atoms with E-state index < -0.39 is 0 Å². The molecule has 1 heterocycles. The van der Waals surface area contributed by atoms with Gasteiger partial charge in [-0.3, -0.25) is 4.79 Å². The number of ether oxygens (including phenoxy) is 1. The van der Waals surface area contributed by atoms with E-state index in [1.165, 1.54) is 10.6 Å². The lowest BCUT2D eigenvalue weighted by atomic mass is 10.1. The zero-order valence-corrected chi connectivity index (χ0v) is 10.5. The first kappa shape index (κ1) is 12.9. The highest BCUT2D eigenvalue weighted by Crippen LogP contribution is 2.12. The molecule has 0 saturated heterocycles. The normalized spacial score (nSPS) is 11.3. The van der Waals surface area contributed by atoms with Crippen molar-refractivity contribution in [1.82, 2.24) is 4.57 Å². The van der Waals surface area contributed by atoms with Crippen molar-refractivity contribution < 1.29 is 9.94 Å². The Hall–Kier alpha value is -2.56. The molecule has 0 aliphatic carbocycles. The molecular formula is C14H14N2O3. The van der Waals surface area contributed by atoms with Crippen LogP contribution in [0.2, 0.25) is 0 Å². The van der Waals surface area contributed by atoms with E-state index in [-0.39, 0.29) is 12.1 Å². The van der Waals surface area contributed by atoms with Crippen LogP contribution >= 0.6 is 0 Å². The Labute approximate surface area is 110 Å². The van der Waals surface area contributed by atoms with Crippen LogP contribution in [-0.2, 0) is 6.54 Å². The third-order valence-corrected chi connectivity index (χ3v) is 2.76. The molecule has 5 heteroatoms. The second-order valence-electron chi connectivity index (χ2n) is 3.94. The van der Waals surface area contributed by atoms with Gasteiger partial charge in [0.25, 0.3) is 5.56 Å². The minimum atomic E-state index is -0.142. The number of hydrogen-bond acceptors (Lipinski definition) is 4. The quantitative estimate of drug-likeness (QED) is 0.516. The van der Waals surface area contributed by atoms with Crippen molar-refractivity contribution in [3.8, 4) is 5.75 Å². The van der Waals surface area contributed by atoms with Gasteiger partial charge in [0.05, 0.1) is 13.7 Å². The fourth-order valence-corrected chi connectivity index (χ4v) is 1.72. The van der Waals surface area contributed by atoms with Crippen molar-refractivity contribution in [3.63, 3.8) is 0 Å². The molecule has 2 aromatic rings. The maximum atomic E-state index is 11.6. The van der Waals surface area contributed by atoms with Gasteiger partial charge in [0.15, 0.2) is 0 Å². The molecule has 0 amide bonds. The zero-order chi connectivity index (χ0) is 13.7. The van der Waals surface area contributed by atoms with Crippen molar-refractivity contribution in [2.75, 3.05) is 7.11 Å². The predicted octanol–water partition coefficient (Wildman–Crippen LogP) is 1.74. The summed E-state index contributed by atoms with van der Waals surface area (Å²) in [5, 5.41) is 12.4. The standard InChI is InChI=1S/C14H14N2O3/c1-19-12-7-5-11(6-8-12)13(15-18)10-16-9-3-2-4-14(16)17/h2-9,18H,10H2,1H3/b15-13-. The van der Waals surface area contributed by atoms with E-state index in [1.54, 1.807) is 49.7 Å². The number of benzene rings is 1. The molecule has 1 N–H and O–H groups in total. The van der Waals surface area contributed by atoms with Gasteiger partial charge >= 0.3 is 0 Å². The highest BCUT2D eigenvalue weighted by atomic mass is 16.5. The molecule has 0 atom stereocenters. The van der Waals surface area contributed by atoms with E-state index in [4.69, 9.17) is 9.94 Å². The number of nitrogens with zero attached hydrogens (tertiary/aromatic N) is 2. The Balaban J connectivity index is 2.26. The van der Waals surface area contributed by atoms with Gasteiger partial charge in [-0.2, -0.15) is 0 Å². The summed E-state index contributed by atoms with van der Waals surface area (Å²) in [6.07, 6.45) is 1.65. The molecule has 0 bridgehead atoms. The molecule has 98 valence electrons. The topological polar surface area (TPSA) is 63.8 Å². The van der Waals surface area contributed by atoms with Crippen LogP contribution in [0, 0.1) is 0 Å². The van der Waals surface area contributed by atoms with Crippen molar-refractivity contribution >= 4 is 5.71 Å². The second kappa shape index (κ2) is 5.86. The number of rotatable bonds is 4. The number of oxime groups is 1. The Morgan fingerprint density at radius 2 is 2.00 bits per heavy atom. The molecule has 0 unspecified atom stereocenters. The van der Waals surface area contributed by atoms with Gasteiger partial charge in [-0.1, -0.05) is 11.2 Å². The summed E-state index contributed by atoms with van der Waals surface area (Å²) in [6, 6.07) is 12.0. The van der Waals surface area contributed by atoms with Gasteiger partial charge in [0, 0.05) is 17.8 Å². The van der Waals surface area contributed by atoms with Gasteiger partial charge in [-0.25, -0.2) is 0 Å². The molecule has 0 saturated carbocycles. The molecule has 1 aromatic heterocycles. The summed E-state index contributed by atoms with van der Waals surface area (Å²) in [4.78, 5) is 11.6. The molecule has 2 rings (SSSR count). The first-order valence-electron chi connectivity index (χ1n) is 5.75. The van der Waals surface area contributed by atoms with Crippen LogP contribution in [0.15, 0.2) is 58.6 Å². The Morgan fingerprint density at radius 1 is 1.26 bits per heavy atom. The van der Waals surface area contributed by atoms with E-state index in [1.807, 2.05) is 0 Å². The lowest BCUT2D eigenvalue weighted by molar-refractivity contribution is 0.317. The summed E-state index contributed by atoms with van der Waals surface area (Å²) in [5.74, 6) is 0.720. The van der Waals surface area contributed by atoms with E-state index in [0.29, 0.717) is 5.71 Å². The lowest BCUT2D eigenvalue weighted by Gasteiger charge is -2.08. The van der Waals surface area contributed by atoms with Crippen LogP contribution in [0.25, 0.3) is 0 Å². The van der Waals surface area contributed by atoms with E-state index >= 15 is 0 Å². The first-order valence-corrected chi connectivity index (χ1v) is 5.75. The van der Waals surface area contributed by atoms with Crippen LogP contribution in [0.5, 0.6) is 5.75 Å². The van der Waals surface area contributed by atoms with Crippen LogP contribution in [0.1, 0.15) is 5.56 Å². The van der Waals surface area contributed by atoms with Crippen molar-refractivity contribution in [2.45, 2.75) is 6.54 Å². The molecule has 0 fully saturated rings. The average molecular weight is 258 g/mol. The van der Waals surface area contributed by atoms with Crippen LogP contribution in [0.3, 0.4) is 0 Å². The maximum Gasteiger partial charge on any atom is 0.250 e. The summed E-state index contributed by atoms with van der Waals surface area (Å²) >= 11 is 0. The second-order valence-corrected chi connectivity index (χ2v) is 3.94. The minimum absolute atomic E-state index is 0.142. The number of aromatic nitrogens is 1. The molecule has 0 aliphatic rings. The molecule has 0 aliphatic heterocycles. The number of pyridine rings is 1. The smallest absolute Gasteiger partial charge is 0.250 e. The van der Waals surface area contributed by atoms with Gasteiger partial charge in [-0.05, 0) is 30.3 Å². The molecule has 19 heavy (non-hydrogen) atoms. The third kappa shape index (κ3) is 3.01. The Kier molecular flexibility index (Phi) is 3.97. The van der Waals surface area contributed by atoms with Gasteiger partial charge in [-0.15, -0.1) is 0 Å². The van der Waals surface area contributed by atoms with Crippen molar-refractivity contribution in [2.24, 2.45) is 5.16 Å². The van der Waals surface area contributed by atoms with E-state index in [9.17, 15) is 4.79 Å². The van der Waals surface area contributed by atoms with Crippen LogP contribution in [0.4, 0.5) is 0 Å². The highest BCUT2D eigenvalue weighted by molar-refractivity contribution is 6.00. The van der Waals surface area contributed by atoms with Crippen LogP contribution < -0.4 is 10.3 Å². The fraction of sp³-hybridized carbons (Fsp3) is 0.143. The molecular weight excluding hydrogens is 244 g/mol. The van der Waals surface area contributed by atoms with E-state index in [0.717, 1.165) is 11.3 Å². The van der Waals surface area contributed by atoms with Crippen molar-refractivity contribution in [1.29, 1.82) is 0 Å². The first-order chi connectivity index (χ1) is 9.24. The summed E-state index contributed by atoms with van der Waals surface area (Å²) in [5.41, 5.74) is 1.01. The lowest BCUT2D eigenvalue weighted by Crippen LogP contribution is -2.23. The molecule has 0 radical (unpaired) electrons. The van der Waals surface area contributed by atoms with Gasteiger partial charge < -0.3 is 14.5 Å². The molecule has 0 spiro atoms. The summed E-state index contributed by atoms with van der Waals surface area (Å²) in [6.45, 7) is 0.211.